The lowest BCUT2D eigenvalue weighted by molar-refractivity contribution is -0.159. The van der Waals surface area contributed by atoms with Gasteiger partial charge < -0.3 is 25.4 Å². The van der Waals surface area contributed by atoms with Crippen LogP contribution < -0.4 is 10.1 Å². The van der Waals surface area contributed by atoms with Crippen molar-refractivity contribution in [3.05, 3.63) is 88.1 Å². The summed E-state index contributed by atoms with van der Waals surface area (Å²) in [5.41, 5.74) is 2.45. The quantitative estimate of drug-likeness (QED) is 0.351. The van der Waals surface area contributed by atoms with E-state index in [9.17, 15) is 5.11 Å². The van der Waals surface area contributed by atoms with Crippen LogP contribution in [-0.4, -0.2) is 46.5 Å². The Morgan fingerprint density at radius 1 is 0.939 bits per heavy atom. The van der Waals surface area contributed by atoms with Crippen LogP contribution in [0.3, 0.4) is 0 Å². The van der Waals surface area contributed by atoms with Gasteiger partial charge in [-0.2, -0.15) is 0 Å². The molecule has 176 valence electrons. The molecule has 0 bridgehead atoms. The predicted molar refractivity (Wildman–Crippen MR) is 128 cm³/mol. The van der Waals surface area contributed by atoms with E-state index >= 15 is 0 Å². The van der Waals surface area contributed by atoms with E-state index in [0.29, 0.717) is 6.54 Å². The summed E-state index contributed by atoms with van der Waals surface area (Å²) < 4.78 is 5.74. The van der Waals surface area contributed by atoms with E-state index in [1.807, 2.05) is 24.3 Å². The Kier molecular flexibility index (Phi) is 10.1. The average molecular weight is 472 g/mol. The number of aliphatic hydroxyl groups is 1. The summed E-state index contributed by atoms with van der Waals surface area (Å²) >= 11 is 1.71. The number of benzene rings is 2. The van der Waals surface area contributed by atoms with Crippen molar-refractivity contribution in [1.29, 1.82) is 0 Å². The number of ether oxygens (including phenoxy) is 1. The summed E-state index contributed by atoms with van der Waals surface area (Å²) in [6, 6.07) is 22.8. The molecule has 0 saturated carbocycles. The predicted octanol–water partition coefficient (Wildman–Crippen LogP) is 3.76. The summed E-state index contributed by atoms with van der Waals surface area (Å²) in [6.07, 6.45) is -0.537. The van der Waals surface area contributed by atoms with Crippen molar-refractivity contribution >= 4 is 23.3 Å². The number of nitrogens with one attached hydrogen (secondary N) is 1. The van der Waals surface area contributed by atoms with E-state index in [1.54, 1.807) is 11.3 Å². The first kappa shape index (κ1) is 26.1. The largest absolute Gasteiger partial charge is 0.491 e. The van der Waals surface area contributed by atoms with Gasteiger partial charge in [-0.15, -0.1) is 11.3 Å². The normalized spacial score (nSPS) is 11.7. The summed E-state index contributed by atoms with van der Waals surface area (Å²) in [4.78, 5) is 19.5. The summed E-state index contributed by atoms with van der Waals surface area (Å²) in [6.45, 7) is 6.01. The van der Waals surface area contributed by atoms with Crippen molar-refractivity contribution in [1.82, 2.24) is 5.32 Å². The number of hydrogen-bond acceptors (Lipinski definition) is 6. The molecule has 3 aromatic rings. The highest BCUT2D eigenvalue weighted by molar-refractivity contribution is 7.09. The molecule has 7 nitrogen and oxygen atoms in total. The van der Waals surface area contributed by atoms with E-state index in [2.05, 4.69) is 67.0 Å². The van der Waals surface area contributed by atoms with Gasteiger partial charge in [-0.05, 0) is 34.7 Å². The van der Waals surface area contributed by atoms with E-state index in [4.69, 9.17) is 24.5 Å². The number of rotatable bonds is 9. The van der Waals surface area contributed by atoms with Gasteiger partial charge in [-0.1, -0.05) is 62.4 Å². The Morgan fingerprint density at radius 3 is 2.09 bits per heavy atom. The number of aliphatic carboxylic acids is 2. The van der Waals surface area contributed by atoms with Crippen LogP contribution in [-0.2, 0) is 21.5 Å². The van der Waals surface area contributed by atoms with Crippen molar-refractivity contribution in [3.63, 3.8) is 0 Å². The fourth-order valence-corrected chi connectivity index (χ4v) is 3.69. The first-order chi connectivity index (χ1) is 15.7. The van der Waals surface area contributed by atoms with Crippen LogP contribution in [0.4, 0.5) is 0 Å². The molecule has 3 rings (SSSR count). The second-order valence-corrected chi connectivity index (χ2v) is 8.83. The first-order valence-corrected chi connectivity index (χ1v) is 11.2. The SMILES string of the molecule is CC(C)(c1ccccc1)c1ccc(OCC(O)CNCc2cccs2)cc1.O=C(O)C(=O)O. The second-order valence-electron chi connectivity index (χ2n) is 7.80. The van der Waals surface area contributed by atoms with Gasteiger partial charge >= 0.3 is 11.9 Å². The summed E-state index contributed by atoms with van der Waals surface area (Å²) in [5, 5.41) is 30.2. The van der Waals surface area contributed by atoms with E-state index in [-0.39, 0.29) is 12.0 Å². The highest BCUT2D eigenvalue weighted by atomic mass is 32.1. The molecule has 33 heavy (non-hydrogen) atoms. The van der Waals surface area contributed by atoms with Gasteiger partial charge in [0.2, 0.25) is 0 Å². The first-order valence-electron chi connectivity index (χ1n) is 10.4. The van der Waals surface area contributed by atoms with Crippen molar-refractivity contribution in [2.45, 2.75) is 31.9 Å². The Bertz CT molecular complexity index is 976. The van der Waals surface area contributed by atoms with Crippen LogP contribution in [0.1, 0.15) is 29.9 Å². The number of aliphatic hydroxyl groups excluding tert-OH is 1. The fraction of sp³-hybridized carbons (Fsp3) is 0.280. The third-order valence-corrected chi connectivity index (χ3v) is 5.83. The molecule has 1 aromatic heterocycles. The van der Waals surface area contributed by atoms with Gasteiger partial charge in [0, 0.05) is 23.4 Å². The molecule has 0 radical (unpaired) electrons. The monoisotopic (exact) mass is 471 g/mol. The van der Waals surface area contributed by atoms with Gasteiger partial charge in [0.15, 0.2) is 0 Å². The topological polar surface area (TPSA) is 116 Å². The maximum absolute atomic E-state index is 10.1. The zero-order chi connectivity index (χ0) is 24.3. The standard InChI is InChI=1S/C23H27NO2S.C2H2O4/c1-23(2,18-7-4-3-5-8-18)19-10-12-21(13-11-19)26-17-20(25)15-24-16-22-9-6-14-27-22;3-1(4)2(5)6/h3-14,20,24-25H,15-17H2,1-2H3;(H,3,4)(H,5,6). The Labute approximate surface area is 197 Å². The Balaban J connectivity index is 0.000000569. The minimum atomic E-state index is -1.82. The van der Waals surface area contributed by atoms with Crippen molar-refractivity contribution in [2.24, 2.45) is 0 Å². The number of carbonyl (C=O) groups is 2. The Hall–Kier alpha value is -3.20. The molecule has 0 saturated heterocycles. The smallest absolute Gasteiger partial charge is 0.414 e. The molecule has 2 aromatic carbocycles. The van der Waals surface area contributed by atoms with Crippen LogP contribution in [0, 0.1) is 0 Å². The fourth-order valence-electron chi connectivity index (χ4n) is 3.02. The molecule has 8 heteroatoms. The van der Waals surface area contributed by atoms with Crippen LogP contribution in [0.15, 0.2) is 72.1 Å². The maximum Gasteiger partial charge on any atom is 0.414 e. The molecular formula is C25H29NO6S. The van der Waals surface area contributed by atoms with Crippen molar-refractivity contribution in [3.8, 4) is 5.75 Å². The average Bonchev–Trinajstić information content (AvgIpc) is 3.32. The van der Waals surface area contributed by atoms with E-state index < -0.39 is 18.0 Å². The van der Waals surface area contributed by atoms with Crippen LogP contribution >= 0.6 is 11.3 Å². The van der Waals surface area contributed by atoms with Gasteiger partial charge in [-0.3, -0.25) is 0 Å². The molecular weight excluding hydrogens is 442 g/mol. The number of carboxylic acids is 2. The highest BCUT2D eigenvalue weighted by Crippen LogP contribution is 2.32. The zero-order valence-electron chi connectivity index (χ0n) is 18.6. The second kappa shape index (κ2) is 12.7. The lowest BCUT2D eigenvalue weighted by atomic mass is 9.78. The minimum absolute atomic E-state index is 0.0645. The van der Waals surface area contributed by atoms with Gasteiger partial charge in [-0.25, -0.2) is 9.59 Å². The summed E-state index contributed by atoms with van der Waals surface area (Å²) in [7, 11) is 0. The van der Waals surface area contributed by atoms with Crippen LogP contribution in [0.2, 0.25) is 0 Å². The van der Waals surface area contributed by atoms with Crippen LogP contribution in [0.5, 0.6) is 5.75 Å². The molecule has 1 atom stereocenters. The highest BCUT2D eigenvalue weighted by Gasteiger charge is 2.22. The summed E-state index contributed by atoms with van der Waals surface area (Å²) in [5.74, 6) is -2.87. The number of thiophene rings is 1. The number of hydrogen-bond donors (Lipinski definition) is 4. The van der Waals surface area contributed by atoms with Crippen molar-refractivity contribution in [2.75, 3.05) is 13.2 Å². The van der Waals surface area contributed by atoms with Crippen LogP contribution in [0.25, 0.3) is 0 Å². The molecule has 1 unspecified atom stereocenters. The van der Waals surface area contributed by atoms with Gasteiger partial charge in [0.05, 0.1) is 0 Å². The van der Waals surface area contributed by atoms with E-state index in [0.717, 1.165) is 12.3 Å². The lowest BCUT2D eigenvalue weighted by Crippen LogP contribution is -2.31. The molecule has 0 spiro atoms. The Morgan fingerprint density at radius 2 is 1.55 bits per heavy atom. The molecule has 0 amide bonds. The van der Waals surface area contributed by atoms with E-state index in [1.165, 1.54) is 16.0 Å². The molecule has 4 N–H and O–H groups in total. The van der Waals surface area contributed by atoms with Gasteiger partial charge in [0.25, 0.3) is 0 Å². The minimum Gasteiger partial charge on any atom is -0.491 e. The lowest BCUT2D eigenvalue weighted by Gasteiger charge is -2.26. The molecule has 0 aliphatic carbocycles. The van der Waals surface area contributed by atoms with Crippen molar-refractivity contribution < 1.29 is 29.6 Å². The third-order valence-electron chi connectivity index (χ3n) is 4.96. The third kappa shape index (κ3) is 8.69. The maximum atomic E-state index is 10.1. The molecule has 0 fully saturated rings. The molecule has 1 heterocycles. The van der Waals surface area contributed by atoms with Gasteiger partial charge in [0.1, 0.15) is 18.5 Å². The number of carboxylic acid groups (broad SMARTS) is 2. The molecule has 0 aliphatic rings. The molecule has 0 aliphatic heterocycles. The zero-order valence-corrected chi connectivity index (χ0v) is 19.4.